The SMILES string of the molecule is O=C(COC(=O)[C@H](O)c1ccccc1)Nc1ccc(F)cc1. The summed E-state index contributed by atoms with van der Waals surface area (Å²) in [6, 6.07) is 13.4. The third-order valence-electron chi connectivity index (χ3n) is 2.81. The zero-order valence-electron chi connectivity index (χ0n) is 11.5. The van der Waals surface area contributed by atoms with Gasteiger partial charge in [-0.05, 0) is 29.8 Å². The van der Waals surface area contributed by atoms with E-state index in [4.69, 9.17) is 4.74 Å². The summed E-state index contributed by atoms with van der Waals surface area (Å²) in [5, 5.41) is 12.2. The Morgan fingerprint density at radius 2 is 1.73 bits per heavy atom. The first-order valence-electron chi connectivity index (χ1n) is 6.51. The fourth-order valence-electron chi connectivity index (χ4n) is 1.72. The monoisotopic (exact) mass is 303 g/mol. The second-order valence-electron chi connectivity index (χ2n) is 4.48. The minimum Gasteiger partial charge on any atom is -0.453 e. The van der Waals surface area contributed by atoms with E-state index in [1.165, 1.54) is 24.3 Å². The van der Waals surface area contributed by atoms with Crippen LogP contribution < -0.4 is 5.32 Å². The molecule has 2 rings (SSSR count). The molecule has 0 spiro atoms. The highest BCUT2D eigenvalue weighted by atomic mass is 19.1. The number of ether oxygens (including phenoxy) is 1. The van der Waals surface area contributed by atoms with Crippen LogP contribution in [0.3, 0.4) is 0 Å². The molecule has 1 amide bonds. The molecule has 5 nitrogen and oxygen atoms in total. The highest BCUT2D eigenvalue weighted by Crippen LogP contribution is 2.13. The van der Waals surface area contributed by atoms with Crippen molar-refractivity contribution in [2.75, 3.05) is 11.9 Å². The molecule has 2 aromatic rings. The molecule has 0 heterocycles. The van der Waals surface area contributed by atoms with Crippen molar-refractivity contribution >= 4 is 17.6 Å². The molecule has 0 saturated carbocycles. The maximum absolute atomic E-state index is 12.7. The number of hydrogen-bond acceptors (Lipinski definition) is 4. The van der Waals surface area contributed by atoms with Crippen molar-refractivity contribution in [1.82, 2.24) is 0 Å². The van der Waals surface area contributed by atoms with Crippen LogP contribution >= 0.6 is 0 Å². The highest BCUT2D eigenvalue weighted by Gasteiger charge is 2.19. The number of halogens is 1. The first-order chi connectivity index (χ1) is 10.6. The molecule has 0 aliphatic carbocycles. The number of aliphatic hydroxyl groups is 1. The van der Waals surface area contributed by atoms with E-state index in [0.29, 0.717) is 11.3 Å². The number of hydrogen-bond donors (Lipinski definition) is 2. The minimum atomic E-state index is -1.44. The van der Waals surface area contributed by atoms with Crippen LogP contribution in [0.1, 0.15) is 11.7 Å². The molecule has 0 aliphatic heterocycles. The van der Waals surface area contributed by atoms with Crippen LogP contribution in [0.4, 0.5) is 10.1 Å². The fraction of sp³-hybridized carbons (Fsp3) is 0.125. The Morgan fingerprint density at radius 1 is 1.09 bits per heavy atom. The molecule has 0 aliphatic rings. The van der Waals surface area contributed by atoms with Gasteiger partial charge in [0.2, 0.25) is 0 Å². The van der Waals surface area contributed by atoms with Gasteiger partial charge in [0.05, 0.1) is 0 Å². The van der Waals surface area contributed by atoms with Crippen LogP contribution in [0, 0.1) is 5.82 Å². The van der Waals surface area contributed by atoms with Gasteiger partial charge < -0.3 is 15.2 Å². The predicted molar refractivity (Wildman–Crippen MR) is 77.4 cm³/mol. The van der Waals surface area contributed by atoms with Crippen LogP contribution in [0.15, 0.2) is 54.6 Å². The minimum absolute atomic E-state index is 0.381. The van der Waals surface area contributed by atoms with Crippen molar-refractivity contribution in [3.63, 3.8) is 0 Å². The zero-order valence-corrected chi connectivity index (χ0v) is 11.5. The Bertz CT molecular complexity index is 643. The smallest absolute Gasteiger partial charge is 0.340 e. The molecule has 2 aromatic carbocycles. The standard InChI is InChI=1S/C16H14FNO4/c17-12-6-8-13(9-7-12)18-14(19)10-22-16(21)15(20)11-4-2-1-3-5-11/h1-9,15,20H,10H2,(H,18,19)/t15-/m1/s1. The molecular formula is C16H14FNO4. The largest absolute Gasteiger partial charge is 0.453 e. The Labute approximate surface area is 126 Å². The summed E-state index contributed by atoms with van der Waals surface area (Å²) in [5.41, 5.74) is 0.762. The van der Waals surface area contributed by atoms with Gasteiger partial charge in [0.25, 0.3) is 5.91 Å². The van der Waals surface area contributed by atoms with Gasteiger partial charge >= 0.3 is 5.97 Å². The van der Waals surface area contributed by atoms with E-state index in [1.54, 1.807) is 30.3 Å². The number of amides is 1. The van der Waals surface area contributed by atoms with Crippen molar-refractivity contribution in [1.29, 1.82) is 0 Å². The topological polar surface area (TPSA) is 75.6 Å². The molecule has 0 unspecified atom stereocenters. The van der Waals surface area contributed by atoms with E-state index in [-0.39, 0.29) is 0 Å². The van der Waals surface area contributed by atoms with Gasteiger partial charge in [0, 0.05) is 5.69 Å². The van der Waals surface area contributed by atoms with Crippen molar-refractivity contribution in [2.24, 2.45) is 0 Å². The molecule has 0 fully saturated rings. The Balaban J connectivity index is 1.83. The average molecular weight is 303 g/mol. The van der Waals surface area contributed by atoms with E-state index in [0.717, 1.165) is 0 Å². The molecular weight excluding hydrogens is 289 g/mol. The normalized spacial score (nSPS) is 11.5. The molecule has 22 heavy (non-hydrogen) atoms. The first-order valence-corrected chi connectivity index (χ1v) is 6.51. The number of carbonyl (C=O) groups is 2. The number of nitrogens with one attached hydrogen (secondary N) is 1. The van der Waals surface area contributed by atoms with E-state index in [1.807, 2.05) is 0 Å². The lowest BCUT2D eigenvalue weighted by molar-refractivity contribution is -0.156. The molecule has 1 atom stereocenters. The number of esters is 1. The number of benzene rings is 2. The van der Waals surface area contributed by atoms with Crippen LogP contribution in [0.25, 0.3) is 0 Å². The van der Waals surface area contributed by atoms with E-state index in [2.05, 4.69) is 5.32 Å². The second-order valence-corrected chi connectivity index (χ2v) is 4.48. The summed E-state index contributed by atoms with van der Waals surface area (Å²) in [7, 11) is 0. The van der Waals surface area contributed by atoms with Crippen molar-refractivity contribution in [3.05, 3.63) is 66.0 Å². The summed E-state index contributed by atoms with van der Waals surface area (Å²) in [6.45, 7) is -0.542. The van der Waals surface area contributed by atoms with Gasteiger partial charge in [0.1, 0.15) is 5.82 Å². The third-order valence-corrected chi connectivity index (χ3v) is 2.81. The molecule has 0 aromatic heterocycles. The van der Waals surface area contributed by atoms with Gasteiger partial charge in [-0.2, -0.15) is 0 Å². The van der Waals surface area contributed by atoms with E-state index < -0.39 is 30.4 Å². The molecule has 114 valence electrons. The van der Waals surface area contributed by atoms with Crippen LogP contribution in [0.2, 0.25) is 0 Å². The van der Waals surface area contributed by atoms with Gasteiger partial charge in [0.15, 0.2) is 12.7 Å². The Kier molecular flexibility index (Phi) is 5.21. The lowest BCUT2D eigenvalue weighted by Crippen LogP contribution is -2.23. The number of aliphatic hydroxyl groups excluding tert-OH is 1. The van der Waals surface area contributed by atoms with Gasteiger partial charge in [-0.1, -0.05) is 30.3 Å². The highest BCUT2D eigenvalue weighted by molar-refractivity contribution is 5.93. The zero-order chi connectivity index (χ0) is 15.9. The Hall–Kier alpha value is -2.73. The third kappa shape index (κ3) is 4.39. The van der Waals surface area contributed by atoms with Crippen molar-refractivity contribution in [2.45, 2.75) is 6.10 Å². The maximum Gasteiger partial charge on any atom is 0.340 e. The first kappa shape index (κ1) is 15.7. The average Bonchev–Trinajstić information content (AvgIpc) is 2.55. The summed E-state index contributed by atoms with van der Waals surface area (Å²) in [6.07, 6.45) is -1.44. The number of rotatable bonds is 5. The van der Waals surface area contributed by atoms with Gasteiger partial charge in [-0.25, -0.2) is 9.18 Å². The molecule has 0 saturated heterocycles. The van der Waals surface area contributed by atoms with E-state index >= 15 is 0 Å². The van der Waals surface area contributed by atoms with Crippen LogP contribution in [0.5, 0.6) is 0 Å². The van der Waals surface area contributed by atoms with E-state index in [9.17, 15) is 19.1 Å². The quantitative estimate of drug-likeness (QED) is 0.829. The van der Waals surface area contributed by atoms with Crippen LogP contribution in [-0.2, 0) is 14.3 Å². The summed E-state index contributed by atoms with van der Waals surface area (Å²) >= 11 is 0. The number of anilines is 1. The molecule has 0 radical (unpaired) electrons. The Morgan fingerprint density at radius 3 is 2.36 bits per heavy atom. The maximum atomic E-state index is 12.7. The summed E-state index contributed by atoms with van der Waals surface area (Å²) < 4.78 is 17.5. The van der Waals surface area contributed by atoms with Crippen LogP contribution in [-0.4, -0.2) is 23.6 Å². The molecule has 0 bridgehead atoms. The molecule has 6 heteroatoms. The van der Waals surface area contributed by atoms with Crippen molar-refractivity contribution < 1.29 is 23.8 Å². The lowest BCUT2D eigenvalue weighted by atomic mass is 10.1. The molecule has 2 N–H and O–H groups in total. The lowest BCUT2D eigenvalue weighted by Gasteiger charge is -2.11. The number of carbonyl (C=O) groups excluding carboxylic acids is 2. The predicted octanol–water partition coefficient (Wildman–Crippen LogP) is 2.04. The summed E-state index contributed by atoms with van der Waals surface area (Å²) in [4.78, 5) is 23.2. The van der Waals surface area contributed by atoms with Crippen molar-refractivity contribution in [3.8, 4) is 0 Å². The fourth-order valence-corrected chi connectivity index (χ4v) is 1.72. The van der Waals surface area contributed by atoms with Gasteiger partial charge in [-0.15, -0.1) is 0 Å². The summed E-state index contributed by atoms with van der Waals surface area (Å²) in [5.74, 6) is -1.92. The second kappa shape index (κ2) is 7.33. The van der Waals surface area contributed by atoms with Gasteiger partial charge in [-0.3, -0.25) is 4.79 Å².